The molecule has 1 amide bonds. The molecule has 2 atom stereocenters. The van der Waals surface area contributed by atoms with E-state index in [1.54, 1.807) is 7.05 Å². The summed E-state index contributed by atoms with van der Waals surface area (Å²) >= 11 is 0. The van der Waals surface area contributed by atoms with Gasteiger partial charge in [0, 0.05) is 26.2 Å². The second kappa shape index (κ2) is 5.44. The van der Waals surface area contributed by atoms with Crippen molar-refractivity contribution in [3.05, 3.63) is 0 Å². The normalized spacial score (nSPS) is 27.3. The lowest BCUT2D eigenvalue weighted by Gasteiger charge is -2.25. The fraction of sp³-hybridized carbons (Fsp3) is 0.900. The summed E-state index contributed by atoms with van der Waals surface area (Å²) in [7, 11) is 5.64. The number of β-amino-alcohol motifs (C(OH)–C–C–N with tert-alkyl or cyclic N) is 1. The highest BCUT2D eigenvalue weighted by Crippen LogP contribution is 2.17. The van der Waals surface area contributed by atoms with E-state index < -0.39 is 0 Å². The smallest absolute Gasteiger partial charge is 0.233 e. The minimum absolute atomic E-state index is 0.00727. The topological polar surface area (TPSA) is 55.8 Å². The van der Waals surface area contributed by atoms with Gasteiger partial charge in [-0.25, -0.2) is 0 Å². The Morgan fingerprint density at radius 2 is 2.27 bits per heavy atom. The van der Waals surface area contributed by atoms with Crippen molar-refractivity contribution in [2.45, 2.75) is 18.6 Å². The lowest BCUT2D eigenvalue weighted by Crippen LogP contribution is -2.42. The number of likely N-dealkylation sites (N-methyl/N-ethyl adjacent to an activating group) is 2. The highest BCUT2D eigenvalue weighted by atomic mass is 16.3. The summed E-state index contributed by atoms with van der Waals surface area (Å²) in [5.41, 5.74) is 0. The third-order valence-corrected chi connectivity index (χ3v) is 2.71. The molecule has 2 unspecified atom stereocenters. The van der Waals surface area contributed by atoms with E-state index in [1.807, 2.05) is 19.0 Å². The molecule has 1 fully saturated rings. The van der Waals surface area contributed by atoms with Crippen molar-refractivity contribution in [3.8, 4) is 0 Å². The molecule has 0 aromatic rings. The van der Waals surface area contributed by atoms with Crippen molar-refractivity contribution >= 4 is 5.91 Å². The predicted octanol–water partition coefficient (Wildman–Crippen LogP) is -1.27. The van der Waals surface area contributed by atoms with E-state index in [4.69, 9.17) is 0 Å². The lowest BCUT2D eigenvalue weighted by molar-refractivity contribution is -0.122. The molecule has 0 saturated carbocycles. The van der Waals surface area contributed by atoms with E-state index in [0.29, 0.717) is 13.1 Å². The second-order valence-corrected chi connectivity index (χ2v) is 4.41. The van der Waals surface area contributed by atoms with Crippen molar-refractivity contribution in [1.82, 2.24) is 15.1 Å². The van der Waals surface area contributed by atoms with Crippen molar-refractivity contribution in [2.75, 3.05) is 40.8 Å². The van der Waals surface area contributed by atoms with Gasteiger partial charge in [-0.3, -0.25) is 9.69 Å². The number of nitrogens with one attached hydrogen (secondary N) is 1. The number of aliphatic hydroxyl groups excluding tert-OH is 1. The Bertz CT molecular complexity index is 221. The van der Waals surface area contributed by atoms with Crippen LogP contribution in [0.2, 0.25) is 0 Å². The van der Waals surface area contributed by atoms with E-state index in [-0.39, 0.29) is 18.1 Å². The van der Waals surface area contributed by atoms with Gasteiger partial charge >= 0.3 is 0 Å². The minimum Gasteiger partial charge on any atom is -0.392 e. The van der Waals surface area contributed by atoms with Gasteiger partial charge in [0.25, 0.3) is 0 Å². The number of carbonyl (C=O) groups excluding carboxylic acids is 1. The van der Waals surface area contributed by atoms with Crippen LogP contribution >= 0.6 is 0 Å². The molecule has 2 N–H and O–H groups in total. The molecule has 0 spiro atoms. The summed E-state index contributed by atoms with van der Waals surface area (Å²) in [5.74, 6) is 0.00727. The number of carbonyl (C=O) groups is 1. The maximum atomic E-state index is 11.3. The van der Waals surface area contributed by atoms with Crippen molar-refractivity contribution in [1.29, 1.82) is 0 Å². The van der Waals surface area contributed by atoms with Crippen LogP contribution in [-0.2, 0) is 4.79 Å². The molecule has 1 aliphatic heterocycles. The fourth-order valence-electron chi connectivity index (χ4n) is 2.03. The Balaban J connectivity index is 2.48. The zero-order valence-electron chi connectivity index (χ0n) is 9.73. The van der Waals surface area contributed by atoms with Crippen LogP contribution < -0.4 is 5.32 Å². The summed E-state index contributed by atoms with van der Waals surface area (Å²) in [6, 6.07) is 0.285. The summed E-state index contributed by atoms with van der Waals surface area (Å²) in [6.45, 7) is 1.87. The zero-order valence-corrected chi connectivity index (χ0v) is 9.73. The third-order valence-electron chi connectivity index (χ3n) is 2.71. The lowest BCUT2D eigenvalue weighted by atomic mass is 10.2. The Morgan fingerprint density at radius 1 is 1.60 bits per heavy atom. The number of rotatable bonds is 4. The van der Waals surface area contributed by atoms with Crippen molar-refractivity contribution < 1.29 is 9.90 Å². The molecular formula is C10H21N3O2. The van der Waals surface area contributed by atoms with Crippen LogP contribution in [0.4, 0.5) is 0 Å². The fourth-order valence-corrected chi connectivity index (χ4v) is 2.03. The maximum Gasteiger partial charge on any atom is 0.233 e. The van der Waals surface area contributed by atoms with E-state index in [2.05, 4.69) is 10.2 Å². The predicted molar refractivity (Wildman–Crippen MR) is 58.6 cm³/mol. The van der Waals surface area contributed by atoms with Gasteiger partial charge in [0.2, 0.25) is 5.91 Å². The molecule has 0 aromatic heterocycles. The van der Waals surface area contributed by atoms with E-state index in [0.717, 1.165) is 13.0 Å². The summed E-state index contributed by atoms with van der Waals surface area (Å²) in [6.07, 6.45) is 0.467. The first-order valence-electron chi connectivity index (χ1n) is 5.30. The molecule has 1 rings (SSSR count). The molecule has 1 aliphatic rings. The molecule has 0 aromatic carbocycles. The highest BCUT2D eigenvalue weighted by Gasteiger charge is 2.31. The van der Waals surface area contributed by atoms with Gasteiger partial charge in [-0.15, -0.1) is 0 Å². The summed E-state index contributed by atoms with van der Waals surface area (Å²) in [5, 5.41) is 12.2. The number of hydrogen-bond acceptors (Lipinski definition) is 4. The van der Waals surface area contributed by atoms with E-state index in [9.17, 15) is 9.90 Å². The molecule has 1 saturated heterocycles. The number of hydrogen-bond donors (Lipinski definition) is 2. The molecule has 15 heavy (non-hydrogen) atoms. The van der Waals surface area contributed by atoms with Gasteiger partial charge in [-0.2, -0.15) is 0 Å². The molecule has 88 valence electrons. The maximum absolute atomic E-state index is 11.3. The van der Waals surface area contributed by atoms with E-state index in [1.165, 1.54) is 0 Å². The van der Waals surface area contributed by atoms with Gasteiger partial charge in [-0.1, -0.05) is 0 Å². The Morgan fingerprint density at radius 3 is 2.80 bits per heavy atom. The Hall–Kier alpha value is -0.650. The summed E-state index contributed by atoms with van der Waals surface area (Å²) in [4.78, 5) is 15.4. The zero-order chi connectivity index (χ0) is 11.4. The van der Waals surface area contributed by atoms with Gasteiger partial charge in [0.15, 0.2) is 0 Å². The molecule has 0 bridgehead atoms. The standard InChI is InChI=1S/C10H21N3O2/c1-11-10(15)7-13-6-9(14)4-8(13)5-12(2)3/h8-9,14H,4-7H2,1-3H3,(H,11,15). The number of nitrogens with zero attached hydrogens (tertiary/aromatic N) is 2. The summed E-state index contributed by atoms with van der Waals surface area (Å²) < 4.78 is 0. The van der Waals surface area contributed by atoms with Gasteiger partial charge in [0.1, 0.15) is 0 Å². The average molecular weight is 215 g/mol. The van der Waals surface area contributed by atoms with Crippen LogP contribution in [0.5, 0.6) is 0 Å². The number of amides is 1. The van der Waals surface area contributed by atoms with Crippen LogP contribution in [0.25, 0.3) is 0 Å². The molecule has 0 aliphatic carbocycles. The highest BCUT2D eigenvalue weighted by molar-refractivity contribution is 5.77. The minimum atomic E-state index is -0.292. The monoisotopic (exact) mass is 215 g/mol. The molecular weight excluding hydrogens is 194 g/mol. The van der Waals surface area contributed by atoms with E-state index >= 15 is 0 Å². The van der Waals surface area contributed by atoms with Crippen LogP contribution in [0.1, 0.15) is 6.42 Å². The molecule has 5 heteroatoms. The molecule has 5 nitrogen and oxygen atoms in total. The molecule has 1 heterocycles. The first-order valence-corrected chi connectivity index (χ1v) is 5.30. The quantitative estimate of drug-likeness (QED) is 0.614. The Kier molecular flexibility index (Phi) is 4.50. The van der Waals surface area contributed by atoms with Crippen LogP contribution in [0.15, 0.2) is 0 Å². The molecule has 0 radical (unpaired) electrons. The van der Waals surface area contributed by atoms with Crippen LogP contribution in [-0.4, -0.2) is 73.7 Å². The largest absolute Gasteiger partial charge is 0.392 e. The average Bonchev–Trinajstić information content (AvgIpc) is 2.45. The number of likely N-dealkylation sites (tertiary alicyclic amines) is 1. The van der Waals surface area contributed by atoms with Crippen LogP contribution in [0.3, 0.4) is 0 Å². The van der Waals surface area contributed by atoms with Gasteiger partial charge in [0.05, 0.1) is 12.6 Å². The Labute approximate surface area is 91.0 Å². The first kappa shape index (κ1) is 12.4. The second-order valence-electron chi connectivity index (χ2n) is 4.41. The third kappa shape index (κ3) is 3.77. The van der Waals surface area contributed by atoms with Crippen molar-refractivity contribution in [3.63, 3.8) is 0 Å². The first-order chi connectivity index (χ1) is 7.02. The van der Waals surface area contributed by atoms with Gasteiger partial charge in [-0.05, 0) is 20.5 Å². The SMILES string of the molecule is CNC(=O)CN1CC(O)CC1CN(C)C. The van der Waals surface area contributed by atoms with Crippen LogP contribution in [0, 0.1) is 0 Å². The van der Waals surface area contributed by atoms with Crippen molar-refractivity contribution in [2.24, 2.45) is 0 Å². The van der Waals surface area contributed by atoms with Gasteiger partial charge < -0.3 is 15.3 Å². The number of aliphatic hydroxyl groups is 1.